The van der Waals surface area contributed by atoms with E-state index in [1.807, 2.05) is 33.0 Å². The molecule has 0 aliphatic rings. The number of sulfonamides is 1. The van der Waals surface area contributed by atoms with Crippen molar-refractivity contribution in [3.63, 3.8) is 0 Å². The summed E-state index contributed by atoms with van der Waals surface area (Å²) >= 11 is 0. The van der Waals surface area contributed by atoms with Gasteiger partial charge in [-0.15, -0.1) is 0 Å². The first-order valence-corrected chi connectivity index (χ1v) is 9.76. The fourth-order valence-corrected chi connectivity index (χ4v) is 3.38. The number of anilines is 1. The molecule has 0 fully saturated rings. The topological polar surface area (TPSA) is 84.1 Å². The third-order valence-electron chi connectivity index (χ3n) is 4.26. The summed E-state index contributed by atoms with van der Waals surface area (Å²) in [4.78, 5) is 13.6. The molecule has 142 valence electrons. The van der Waals surface area contributed by atoms with Gasteiger partial charge in [-0.3, -0.25) is 4.79 Å². The first kappa shape index (κ1) is 20.2. The van der Waals surface area contributed by atoms with Crippen LogP contribution in [0.1, 0.15) is 18.4 Å². The number of carbonyl (C=O) groups is 1. The number of amides is 1. The van der Waals surface area contributed by atoms with Crippen LogP contribution in [-0.4, -0.2) is 45.8 Å². The Morgan fingerprint density at radius 3 is 2.54 bits per heavy atom. The maximum absolute atomic E-state index is 12.5. The zero-order valence-corrected chi connectivity index (χ0v) is 16.6. The van der Waals surface area contributed by atoms with Crippen LogP contribution in [0, 0.1) is 6.92 Å². The van der Waals surface area contributed by atoms with Gasteiger partial charge in [-0.25, -0.2) is 12.7 Å². The first-order chi connectivity index (χ1) is 12.1. The number of nitrogens with zero attached hydrogens (tertiary/aromatic N) is 1. The molecular weight excluding hydrogens is 354 g/mol. The third-order valence-corrected chi connectivity index (χ3v) is 6.07. The molecule has 0 radical (unpaired) electrons. The number of hydrogen-bond donors (Lipinski definition) is 2. The molecule has 0 spiro atoms. The molecule has 26 heavy (non-hydrogen) atoms. The van der Waals surface area contributed by atoms with Gasteiger partial charge in [-0.2, -0.15) is 0 Å². The van der Waals surface area contributed by atoms with Crippen molar-refractivity contribution in [2.45, 2.75) is 31.3 Å². The maximum Gasteiger partial charge on any atom is 0.282 e. The van der Waals surface area contributed by atoms with E-state index in [0.29, 0.717) is 12.2 Å². The van der Waals surface area contributed by atoms with Crippen LogP contribution in [0.25, 0.3) is 0 Å². The highest BCUT2D eigenvalue weighted by Crippen LogP contribution is 2.18. The van der Waals surface area contributed by atoms with Crippen LogP contribution in [0.4, 0.5) is 5.69 Å². The lowest BCUT2D eigenvalue weighted by Gasteiger charge is -2.20. The molecule has 7 nitrogen and oxygen atoms in total. The number of furan rings is 1. The van der Waals surface area contributed by atoms with E-state index in [0.717, 1.165) is 20.7 Å². The molecule has 8 heteroatoms. The number of nitrogens with one attached hydrogen (secondary N) is 2. The number of likely N-dealkylation sites (N-methyl/N-ethyl adjacent to an activating group) is 1. The van der Waals surface area contributed by atoms with E-state index in [4.69, 9.17) is 4.42 Å². The molecule has 2 aromatic rings. The summed E-state index contributed by atoms with van der Waals surface area (Å²) in [6.07, 6.45) is 0. The van der Waals surface area contributed by atoms with Gasteiger partial charge in [-0.05, 0) is 44.2 Å². The summed E-state index contributed by atoms with van der Waals surface area (Å²) in [7, 11) is 1.31. The quantitative estimate of drug-likeness (QED) is 0.747. The lowest BCUT2D eigenvalue weighted by atomic mass is 10.2. The zero-order valence-electron chi connectivity index (χ0n) is 15.7. The van der Waals surface area contributed by atoms with Gasteiger partial charge in [0, 0.05) is 19.8 Å². The Labute approximate surface area is 154 Å². The van der Waals surface area contributed by atoms with Crippen LogP contribution < -0.4 is 10.2 Å². The Balaban J connectivity index is 2.07. The molecule has 1 unspecified atom stereocenters. The Kier molecular flexibility index (Phi) is 6.22. The smallest absolute Gasteiger partial charge is 0.282 e. The molecule has 1 aromatic heterocycles. The number of benzene rings is 1. The predicted octanol–water partition coefficient (Wildman–Crippen LogP) is 0.880. The molecule has 0 saturated heterocycles. The standard InChI is InChI=1S/C18H25N3O4S/c1-13-9-10-16(25-13)12-21(5)14(2)18(22)19-15-7-6-8-17(11-15)26(23,24)20(3)4/h6-11,14H,12H2,1-5H3,(H,19,22)/p+1/t14-/m0/s1. The van der Waals surface area contributed by atoms with E-state index < -0.39 is 10.0 Å². The average Bonchev–Trinajstić information content (AvgIpc) is 2.98. The number of quaternary nitrogens is 1. The highest BCUT2D eigenvalue weighted by atomic mass is 32.2. The summed E-state index contributed by atoms with van der Waals surface area (Å²) in [6.45, 7) is 4.28. The summed E-state index contributed by atoms with van der Waals surface area (Å²) < 4.78 is 31.1. The minimum atomic E-state index is -3.55. The second kappa shape index (κ2) is 8.03. The highest BCUT2D eigenvalue weighted by molar-refractivity contribution is 7.89. The van der Waals surface area contributed by atoms with Gasteiger partial charge in [0.2, 0.25) is 10.0 Å². The number of rotatable bonds is 7. The third kappa shape index (κ3) is 4.72. The Morgan fingerprint density at radius 1 is 1.27 bits per heavy atom. The van der Waals surface area contributed by atoms with E-state index in [9.17, 15) is 13.2 Å². The van der Waals surface area contributed by atoms with Crippen molar-refractivity contribution < 1.29 is 22.5 Å². The fourth-order valence-electron chi connectivity index (χ4n) is 2.43. The Morgan fingerprint density at radius 2 is 1.96 bits per heavy atom. The minimum Gasteiger partial charge on any atom is -0.460 e. The minimum absolute atomic E-state index is 0.139. The van der Waals surface area contributed by atoms with Crippen LogP contribution >= 0.6 is 0 Å². The lowest BCUT2D eigenvalue weighted by molar-refractivity contribution is -0.908. The van der Waals surface area contributed by atoms with E-state index in [-0.39, 0.29) is 16.8 Å². The fraction of sp³-hybridized carbons (Fsp3) is 0.389. The molecule has 0 aliphatic heterocycles. The predicted molar refractivity (Wildman–Crippen MR) is 99.4 cm³/mol. The molecule has 1 aromatic carbocycles. The monoisotopic (exact) mass is 380 g/mol. The summed E-state index contributed by atoms with van der Waals surface area (Å²) in [5.74, 6) is 1.47. The van der Waals surface area contributed by atoms with Gasteiger partial charge < -0.3 is 14.6 Å². The van der Waals surface area contributed by atoms with Gasteiger partial charge in [0.25, 0.3) is 5.91 Å². The van der Waals surface area contributed by atoms with Gasteiger partial charge in [-0.1, -0.05) is 6.07 Å². The molecule has 2 rings (SSSR count). The van der Waals surface area contributed by atoms with Crippen molar-refractivity contribution in [2.24, 2.45) is 0 Å². The molecule has 2 N–H and O–H groups in total. The number of hydrogen-bond acceptors (Lipinski definition) is 4. The summed E-state index contributed by atoms with van der Waals surface area (Å²) in [5, 5.41) is 2.79. The van der Waals surface area contributed by atoms with E-state index in [2.05, 4.69) is 5.32 Å². The Hall–Kier alpha value is -2.16. The second-order valence-electron chi connectivity index (χ2n) is 6.56. The lowest BCUT2D eigenvalue weighted by Crippen LogP contribution is -3.12. The molecule has 2 atom stereocenters. The van der Waals surface area contributed by atoms with E-state index >= 15 is 0 Å². The molecular formula is C18H26N3O4S+. The SMILES string of the molecule is Cc1ccc(C[NH+](C)[C@@H](C)C(=O)Nc2cccc(S(=O)(=O)N(C)C)c2)o1. The second-order valence-corrected chi connectivity index (χ2v) is 8.71. The zero-order chi connectivity index (χ0) is 19.5. The average molecular weight is 380 g/mol. The van der Waals surface area contributed by atoms with Crippen molar-refractivity contribution in [3.05, 3.63) is 47.9 Å². The van der Waals surface area contributed by atoms with Gasteiger partial charge in [0.05, 0.1) is 11.9 Å². The summed E-state index contributed by atoms with van der Waals surface area (Å²) in [5.41, 5.74) is 0.450. The number of aryl methyl sites for hydroxylation is 1. The van der Waals surface area contributed by atoms with Crippen molar-refractivity contribution in [1.29, 1.82) is 0 Å². The first-order valence-electron chi connectivity index (χ1n) is 8.32. The molecule has 0 aliphatic carbocycles. The van der Waals surface area contributed by atoms with Crippen LogP contribution in [-0.2, 0) is 21.4 Å². The normalized spacial score (nSPS) is 14.2. The van der Waals surface area contributed by atoms with Gasteiger partial charge in [0.15, 0.2) is 11.8 Å². The van der Waals surface area contributed by atoms with Crippen molar-refractivity contribution in [3.8, 4) is 0 Å². The summed E-state index contributed by atoms with van der Waals surface area (Å²) in [6, 6.07) is 9.71. The number of carbonyl (C=O) groups excluding carboxylic acids is 1. The van der Waals surface area contributed by atoms with E-state index in [1.165, 1.54) is 26.2 Å². The highest BCUT2D eigenvalue weighted by Gasteiger charge is 2.24. The maximum atomic E-state index is 12.5. The largest absolute Gasteiger partial charge is 0.460 e. The van der Waals surface area contributed by atoms with Crippen LogP contribution in [0.2, 0.25) is 0 Å². The van der Waals surface area contributed by atoms with Crippen molar-refractivity contribution >= 4 is 21.6 Å². The van der Waals surface area contributed by atoms with Crippen LogP contribution in [0.5, 0.6) is 0 Å². The van der Waals surface area contributed by atoms with Crippen LogP contribution in [0.3, 0.4) is 0 Å². The van der Waals surface area contributed by atoms with Gasteiger partial charge >= 0.3 is 0 Å². The van der Waals surface area contributed by atoms with Gasteiger partial charge in [0.1, 0.15) is 12.3 Å². The van der Waals surface area contributed by atoms with E-state index in [1.54, 1.807) is 12.1 Å². The Bertz CT molecular complexity index is 874. The molecule has 1 heterocycles. The molecule has 0 bridgehead atoms. The van der Waals surface area contributed by atoms with Crippen molar-refractivity contribution in [2.75, 3.05) is 26.5 Å². The molecule has 1 amide bonds. The molecule has 0 saturated carbocycles. The van der Waals surface area contributed by atoms with Crippen LogP contribution in [0.15, 0.2) is 45.7 Å². The van der Waals surface area contributed by atoms with Crippen molar-refractivity contribution in [1.82, 2.24) is 4.31 Å².